The second-order valence-corrected chi connectivity index (χ2v) is 9.08. The van der Waals surface area contributed by atoms with Crippen LogP contribution in [0.2, 0.25) is 0 Å². The summed E-state index contributed by atoms with van der Waals surface area (Å²) >= 11 is 1.47. The summed E-state index contributed by atoms with van der Waals surface area (Å²) < 4.78 is 8.73. The number of nitrogens with one attached hydrogen (secondary N) is 2. The number of rotatable bonds is 6. The number of amides is 2. The number of carbonyl (C=O) groups is 2. The number of aromatic nitrogens is 5. The molecular weight excluding hydrogens is 480 g/mol. The normalized spacial score (nSPS) is 13.8. The summed E-state index contributed by atoms with van der Waals surface area (Å²) in [5.41, 5.74) is 3.11. The van der Waals surface area contributed by atoms with Gasteiger partial charge in [0.1, 0.15) is 4.83 Å². The Kier molecular flexibility index (Phi) is 8.08. The van der Waals surface area contributed by atoms with Crippen LogP contribution in [0.3, 0.4) is 0 Å². The van der Waals surface area contributed by atoms with E-state index in [1.54, 1.807) is 40.8 Å². The Bertz CT molecular complexity index is 1350. The van der Waals surface area contributed by atoms with Crippen LogP contribution in [0, 0.1) is 6.92 Å². The van der Waals surface area contributed by atoms with Crippen molar-refractivity contribution in [2.24, 2.45) is 7.05 Å². The van der Waals surface area contributed by atoms with Crippen LogP contribution in [0.4, 0.5) is 11.4 Å². The highest BCUT2D eigenvalue weighted by molar-refractivity contribution is 7.21. The van der Waals surface area contributed by atoms with Gasteiger partial charge in [0.15, 0.2) is 0 Å². The first-order chi connectivity index (χ1) is 17.5. The number of anilines is 2. The highest BCUT2D eigenvalue weighted by Gasteiger charge is 2.19. The van der Waals surface area contributed by atoms with Gasteiger partial charge in [0.05, 0.1) is 65.9 Å². The highest BCUT2D eigenvalue weighted by Crippen LogP contribution is 2.30. The van der Waals surface area contributed by atoms with Gasteiger partial charge in [0.25, 0.3) is 5.91 Å². The fourth-order valence-electron chi connectivity index (χ4n) is 3.70. The van der Waals surface area contributed by atoms with Crippen LogP contribution in [0.15, 0.2) is 37.1 Å². The molecule has 2 amide bonds. The van der Waals surface area contributed by atoms with Crippen molar-refractivity contribution in [3.63, 3.8) is 0 Å². The minimum atomic E-state index is -0.295. The Morgan fingerprint density at radius 2 is 1.86 bits per heavy atom. The third kappa shape index (κ3) is 5.78. The lowest BCUT2D eigenvalue weighted by molar-refractivity contribution is -0.118. The van der Waals surface area contributed by atoms with E-state index in [2.05, 4.69) is 25.8 Å². The van der Waals surface area contributed by atoms with Crippen molar-refractivity contribution in [3.05, 3.63) is 48.3 Å². The number of morpholine rings is 1. The summed E-state index contributed by atoms with van der Waals surface area (Å²) in [7, 11) is 1.86. The molecule has 0 radical (unpaired) electrons. The van der Waals surface area contributed by atoms with E-state index in [-0.39, 0.29) is 18.4 Å². The molecule has 5 heterocycles. The molecule has 1 saturated heterocycles. The van der Waals surface area contributed by atoms with Gasteiger partial charge in [-0.3, -0.25) is 24.2 Å². The standard InChI is InChI=1S/C22H24N8O3S.C2H6/c1-14-18(7-16(9-23-14)26-20(31)13-29-3-5-33-6-4-29)27-21(32)17-10-25-30-12-19(34-22(17)30)15-8-24-28(2)11-15;1-2/h7-12H,3-6,13H2,1-2H3,(H,26,31)(H,27,32);1-2H3. The lowest BCUT2D eigenvalue weighted by Gasteiger charge is -2.25. The molecule has 4 aromatic heterocycles. The molecule has 36 heavy (non-hydrogen) atoms. The number of aryl methyl sites for hydroxylation is 2. The Morgan fingerprint density at radius 1 is 1.08 bits per heavy atom. The quantitative estimate of drug-likeness (QED) is 0.409. The molecule has 0 spiro atoms. The zero-order valence-corrected chi connectivity index (χ0v) is 21.6. The lowest BCUT2D eigenvalue weighted by Crippen LogP contribution is -2.41. The average Bonchev–Trinajstić information content (AvgIpc) is 3.59. The first-order valence-electron chi connectivity index (χ1n) is 11.8. The smallest absolute Gasteiger partial charge is 0.260 e. The average molecular weight is 511 g/mol. The van der Waals surface area contributed by atoms with Crippen molar-refractivity contribution in [2.45, 2.75) is 20.8 Å². The molecule has 0 saturated carbocycles. The van der Waals surface area contributed by atoms with Crippen LogP contribution in [-0.4, -0.2) is 73.9 Å². The van der Waals surface area contributed by atoms with Crippen molar-refractivity contribution >= 4 is 39.4 Å². The summed E-state index contributed by atoms with van der Waals surface area (Å²) in [5.74, 6) is -0.430. The molecule has 2 N–H and O–H groups in total. The van der Waals surface area contributed by atoms with E-state index in [9.17, 15) is 9.59 Å². The molecule has 1 aliphatic heterocycles. The Morgan fingerprint density at radius 3 is 2.58 bits per heavy atom. The molecule has 0 unspecified atom stereocenters. The molecule has 11 nitrogen and oxygen atoms in total. The van der Waals surface area contributed by atoms with Gasteiger partial charge in [0, 0.05) is 38.1 Å². The summed E-state index contributed by atoms with van der Waals surface area (Å²) in [6.45, 7) is 8.80. The minimum Gasteiger partial charge on any atom is -0.379 e. The third-order valence-electron chi connectivity index (χ3n) is 5.52. The molecule has 1 fully saturated rings. The number of thiazole rings is 1. The maximum Gasteiger partial charge on any atom is 0.260 e. The maximum absolute atomic E-state index is 13.1. The first-order valence-corrected chi connectivity index (χ1v) is 12.6. The van der Waals surface area contributed by atoms with E-state index in [0.717, 1.165) is 28.4 Å². The summed E-state index contributed by atoms with van der Waals surface area (Å²) in [4.78, 5) is 33.6. The van der Waals surface area contributed by atoms with E-state index >= 15 is 0 Å². The molecule has 0 atom stereocenters. The number of hydrogen-bond donors (Lipinski definition) is 2. The van der Waals surface area contributed by atoms with E-state index in [1.807, 2.05) is 38.2 Å². The Labute approximate surface area is 213 Å². The number of nitrogens with zero attached hydrogens (tertiary/aromatic N) is 6. The SMILES string of the molecule is CC.Cc1ncc(NC(=O)CN2CCOCC2)cc1NC(=O)c1cnn2cc(-c3cnn(C)c3)sc12. The second-order valence-electron chi connectivity index (χ2n) is 8.05. The largest absolute Gasteiger partial charge is 0.379 e. The number of carbonyl (C=O) groups excluding carboxylic acids is 2. The summed E-state index contributed by atoms with van der Waals surface area (Å²) in [5, 5.41) is 14.3. The van der Waals surface area contributed by atoms with Gasteiger partial charge in [-0.15, -0.1) is 11.3 Å². The van der Waals surface area contributed by atoms with Gasteiger partial charge in [-0.1, -0.05) is 13.8 Å². The zero-order chi connectivity index (χ0) is 25.7. The lowest BCUT2D eigenvalue weighted by atomic mass is 10.2. The molecular formula is C24H30N8O3S. The molecule has 1 aliphatic rings. The van der Waals surface area contributed by atoms with Crippen LogP contribution >= 0.6 is 11.3 Å². The number of fused-ring (bicyclic) bond motifs is 1. The monoisotopic (exact) mass is 510 g/mol. The van der Waals surface area contributed by atoms with Gasteiger partial charge >= 0.3 is 0 Å². The van der Waals surface area contributed by atoms with Gasteiger partial charge in [-0.05, 0) is 13.0 Å². The van der Waals surface area contributed by atoms with Crippen molar-refractivity contribution < 1.29 is 14.3 Å². The van der Waals surface area contributed by atoms with Crippen LogP contribution in [0.5, 0.6) is 0 Å². The van der Waals surface area contributed by atoms with Crippen molar-refractivity contribution in [1.29, 1.82) is 0 Å². The third-order valence-corrected chi connectivity index (χ3v) is 6.68. The zero-order valence-electron chi connectivity index (χ0n) is 20.8. The summed E-state index contributed by atoms with van der Waals surface area (Å²) in [6, 6.07) is 1.72. The number of hydrogen-bond acceptors (Lipinski definition) is 8. The minimum absolute atomic E-state index is 0.135. The first kappa shape index (κ1) is 25.5. The number of ether oxygens (including phenoxy) is 1. The molecule has 0 aliphatic carbocycles. The second kappa shape index (κ2) is 11.4. The topological polar surface area (TPSA) is 119 Å². The Hall–Kier alpha value is -3.61. The van der Waals surface area contributed by atoms with Crippen LogP contribution < -0.4 is 10.6 Å². The Balaban J connectivity index is 0.00000148. The molecule has 0 aromatic carbocycles. The van der Waals surface area contributed by atoms with Gasteiger partial charge in [-0.2, -0.15) is 10.2 Å². The molecule has 12 heteroatoms. The van der Waals surface area contributed by atoms with Crippen molar-refractivity contribution in [3.8, 4) is 10.4 Å². The molecule has 0 bridgehead atoms. The maximum atomic E-state index is 13.1. The molecule has 190 valence electrons. The van der Waals surface area contributed by atoms with Crippen LogP contribution in [0.25, 0.3) is 15.3 Å². The van der Waals surface area contributed by atoms with Gasteiger partial charge in [-0.25, -0.2) is 4.52 Å². The van der Waals surface area contributed by atoms with Gasteiger partial charge in [0.2, 0.25) is 5.91 Å². The van der Waals surface area contributed by atoms with E-state index in [0.29, 0.717) is 35.8 Å². The molecule has 4 aromatic rings. The fourth-order valence-corrected chi connectivity index (χ4v) is 4.74. The summed E-state index contributed by atoms with van der Waals surface area (Å²) in [6.07, 6.45) is 8.70. The predicted octanol–water partition coefficient (Wildman–Crippen LogP) is 3.05. The van der Waals surface area contributed by atoms with E-state index < -0.39 is 0 Å². The van der Waals surface area contributed by atoms with Crippen LogP contribution in [-0.2, 0) is 16.6 Å². The van der Waals surface area contributed by atoms with Crippen molar-refractivity contribution in [1.82, 2.24) is 29.3 Å². The number of pyridine rings is 1. The molecule has 5 rings (SSSR count). The highest BCUT2D eigenvalue weighted by atomic mass is 32.1. The van der Waals surface area contributed by atoms with E-state index in [4.69, 9.17) is 4.74 Å². The van der Waals surface area contributed by atoms with Crippen molar-refractivity contribution in [2.75, 3.05) is 43.5 Å². The fraction of sp³-hybridized carbons (Fsp3) is 0.375. The van der Waals surface area contributed by atoms with Crippen LogP contribution in [0.1, 0.15) is 29.9 Å². The van der Waals surface area contributed by atoms with E-state index in [1.165, 1.54) is 11.3 Å². The van der Waals surface area contributed by atoms with Gasteiger partial charge < -0.3 is 15.4 Å². The predicted molar refractivity (Wildman–Crippen MR) is 139 cm³/mol.